The van der Waals surface area contributed by atoms with Crippen molar-refractivity contribution in [1.82, 2.24) is 0 Å². The Hall–Kier alpha value is -2.64. The maximum Gasteiger partial charge on any atom is 0.416 e. The zero-order chi connectivity index (χ0) is 20.3. The third-order valence-electron chi connectivity index (χ3n) is 5.03. The molecular weight excluding hydrogens is 384 g/mol. The molecule has 1 N–H and O–H groups in total. The van der Waals surface area contributed by atoms with E-state index in [1.54, 1.807) is 18.2 Å². The molecule has 0 aliphatic carbocycles. The summed E-state index contributed by atoms with van der Waals surface area (Å²) in [5.41, 5.74) is 1.77. The first-order valence-corrected chi connectivity index (χ1v) is 9.39. The summed E-state index contributed by atoms with van der Waals surface area (Å²) in [6.45, 7) is 1.53. The van der Waals surface area contributed by atoms with Crippen molar-refractivity contribution >= 4 is 23.4 Å². The largest absolute Gasteiger partial charge is 0.444 e. The second kappa shape index (κ2) is 8.58. The van der Waals surface area contributed by atoms with Crippen LogP contribution < -0.4 is 4.90 Å². The summed E-state index contributed by atoms with van der Waals surface area (Å²) in [7, 11) is 0. The fourth-order valence-electron chi connectivity index (χ4n) is 3.70. The molecule has 3 atom stereocenters. The van der Waals surface area contributed by atoms with Crippen LogP contribution in [0.15, 0.2) is 48.5 Å². The van der Waals surface area contributed by atoms with Crippen LogP contribution in [0.2, 0.25) is 5.02 Å². The number of nitro groups is 1. The molecule has 1 amide bonds. The Bertz CT molecular complexity index is 861. The summed E-state index contributed by atoms with van der Waals surface area (Å²) >= 11 is 6.11. The SMILES string of the molecule is CC[C@@H]1[C@H](C[N+](=O)[O-])c2cc(Cl)ccc2N(C(=O)OCc2ccccc2)[C@@H]1O. The molecule has 1 aliphatic rings. The molecule has 1 aliphatic heterocycles. The highest BCUT2D eigenvalue weighted by Gasteiger charge is 2.44. The third-order valence-corrected chi connectivity index (χ3v) is 5.27. The van der Waals surface area contributed by atoms with E-state index in [0.717, 1.165) is 5.56 Å². The average molecular weight is 405 g/mol. The lowest BCUT2D eigenvalue weighted by atomic mass is 9.78. The Balaban J connectivity index is 1.93. The number of hydrogen-bond acceptors (Lipinski definition) is 5. The van der Waals surface area contributed by atoms with Crippen LogP contribution in [0.1, 0.15) is 30.4 Å². The van der Waals surface area contributed by atoms with Gasteiger partial charge in [-0.2, -0.15) is 0 Å². The van der Waals surface area contributed by atoms with Crippen molar-refractivity contribution in [2.24, 2.45) is 5.92 Å². The van der Waals surface area contributed by atoms with Crippen LogP contribution in [-0.4, -0.2) is 28.9 Å². The summed E-state index contributed by atoms with van der Waals surface area (Å²) in [4.78, 5) is 24.7. The molecule has 0 saturated carbocycles. The Labute approximate surface area is 167 Å². The molecule has 0 radical (unpaired) electrons. The van der Waals surface area contributed by atoms with Crippen molar-refractivity contribution in [3.63, 3.8) is 0 Å². The Morgan fingerprint density at radius 1 is 1.29 bits per heavy atom. The quantitative estimate of drug-likeness (QED) is 0.595. The molecule has 0 spiro atoms. The molecule has 3 rings (SSSR count). The molecule has 0 unspecified atom stereocenters. The summed E-state index contributed by atoms with van der Waals surface area (Å²) in [5, 5.41) is 22.5. The highest BCUT2D eigenvalue weighted by Crippen LogP contribution is 2.44. The van der Waals surface area contributed by atoms with Crippen molar-refractivity contribution in [3.8, 4) is 0 Å². The zero-order valence-corrected chi connectivity index (χ0v) is 16.1. The van der Waals surface area contributed by atoms with E-state index in [1.807, 2.05) is 37.3 Å². The summed E-state index contributed by atoms with van der Waals surface area (Å²) in [6.07, 6.45) is -1.49. The predicted molar refractivity (Wildman–Crippen MR) is 105 cm³/mol. The number of fused-ring (bicyclic) bond motifs is 1. The molecule has 0 aromatic heterocycles. The average Bonchev–Trinajstić information content (AvgIpc) is 2.67. The number of benzene rings is 2. The van der Waals surface area contributed by atoms with E-state index in [2.05, 4.69) is 0 Å². The van der Waals surface area contributed by atoms with Gasteiger partial charge in [0.2, 0.25) is 6.54 Å². The van der Waals surface area contributed by atoms with Crippen LogP contribution in [0.4, 0.5) is 10.5 Å². The first kappa shape index (κ1) is 20.1. The zero-order valence-electron chi connectivity index (χ0n) is 15.3. The molecule has 1 heterocycles. The van der Waals surface area contributed by atoms with Crippen molar-refractivity contribution in [3.05, 3.63) is 74.8 Å². The van der Waals surface area contributed by atoms with Gasteiger partial charge in [-0.1, -0.05) is 48.9 Å². The Morgan fingerprint density at radius 3 is 2.64 bits per heavy atom. The number of halogens is 1. The van der Waals surface area contributed by atoms with Crippen LogP contribution >= 0.6 is 11.6 Å². The summed E-state index contributed by atoms with van der Waals surface area (Å²) < 4.78 is 5.39. The highest BCUT2D eigenvalue weighted by molar-refractivity contribution is 6.30. The second-order valence-electron chi connectivity index (χ2n) is 6.72. The topological polar surface area (TPSA) is 92.9 Å². The van der Waals surface area contributed by atoms with E-state index in [9.17, 15) is 20.0 Å². The number of carbonyl (C=O) groups excluding carboxylic acids is 1. The van der Waals surface area contributed by atoms with Gasteiger partial charge in [-0.25, -0.2) is 4.79 Å². The summed E-state index contributed by atoms with van der Waals surface area (Å²) in [6, 6.07) is 14.0. The van der Waals surface area contributed by atoms with Crippen LogP contribution in [0, 0.1) is 16.0 Å². The molecule has 7 nitrogen and oxygen atoms in total. The number of aliphatic hydroxyl groups excluding tert-OH is 1. The Morgan fingerprint density at radius 2 is 2.00 bits per heavy atom. The first-order chi connectivity index (χ1) is 13.4. The molecule has 0 fully saturated rings. The van der Waals surface area contributed by atoms with Gasteiger partial charge >= 0.3 is 6.09 Å². The number of aliphatic hydroxyl groups is 1. The lowest BCUT2D eigenvalue weighted by molar-refractivity contribution is -0.485. The van der Waals surface area contributed by atoms with Crippen LogP contribution in [0.25, 0.3) is 0 Å². The van der Waals surface area contributed by atoms with Gasteiger partial charge in [0.05, 0.1) is 11.6 Å². The van der Waals surface area contributed by atoms with Crippen LogP contribution in [-0.2, 0) is 11.3 Å². The standard InChI is InChI=1S/C20H21ClN2O5/c1-2-15-17(11-22(26)27)16-10-14(21)8-9-18(16)23(19(15)24)20(25)28-12-13-6-4-3-5-7-13/h3-10,15,17,19,24H,2,11-12H2,1H3/t15-,17+,19-/m1/s1. The second-order valence-corrected chi connectivity index (χ2v) is 7.16. The maximum absolute atomic E-state index is 12.8. The van der Waals surface area contributed by atoms with Crippen molar-refractivity contribution in [1.29, 1.82) is 0 Å². The van der Waals surface area contributed by atoms with E-state index in [1.165, 1.54) is 4.90 Å². The molecule has 8 heteroatoms. The van der Waals surface area contributed by atoms with Gasteiger partial charge < -0.3 is 9.84 Å². The minimum absolute atomic E-state index is 0.0565. The van der Waals surface area contributed by atoms with Gasteiger partial charge in [0.1, 0.15) is 12.8 Å². The normalized spacial score (nSPS) is 21.1. The minimum atomic E-state index is -1.23. The number of ether oxygens (including phenoxy) is 1. The monoisotopic (exact) mass is 404 g/mol. The molecule has 148 valence electrons. The number of amides is 1. The number of hydrogen-bond donors (Lipinski definition) is 1. The van der Waals surface area contributed by atoms with Crippen LogP contribution in [0.5, 0.6) is 0 Å². The number of anilines is 1. The van der Waals surface area contributed by atoms with Crippen molar-refractivity contribution < 1.29 is 19.6 Å². The summed E-state index contributed by atoms with van der Waals surface area (Å²) in [5.74, 6) is -1.07. The first-order valence-electron chi connectivity index (χ1n) is 9.01. The van der Waals surface area contributed by atoms with Gasteiger partial charge in [-0.3, -0.25) is 15.0 Å². The lowest BCUT2D eigenvalue weighted by Crippen LogP contribution is -2.51. The van der Waals surface area contributed by atoms with E-state index in [4.69, 9.17) is 16.3 Å². The Kier molecular flexibility index (Phi) is 6.16. The van der Waals surface area contributed by atoms with E-state index >= 15 is 0 Å². The van der Waals surface area contributed by atoms with Crippen molar-refractivity contribution in [2.75, 3.05) is 11.4 Å². The molecule has 2 aromatic rings. The highest BCUT2D eigenvalue weighted by atomic mass is 35.5. The number of rotatable bonds is 5. The van der Waals surface area contributed by atoms with Crippen molar-refractivity contribution in [2.45, 2.75) is 32.1 Å². The lowest BCUT2D eigenvalue weighted by Gasteiger charge is -2.41. The van der Waals surface area contributed by atoms with Gasteiger partial charge in [-0.05, 0) is 35.7 Å². The third kappa shape index (κ3) is 4.10. The predicted octanol–water partition coefficient (Wildman–Crippen LogP) is 4.20. The molecular formula is C20H21ClN2O5. The smallest absolute Gasteiger partial charge is 0.416 e. The van der Waals surface area contributed by atoms with E-state index < -0.39 is 29.1 Å². The van der Waals surface area contributed by atoms with E-state index in [-0.39, 0.29) is 13.2 Å². The van der Waals surface area contributed by atoms with Crippen LogP contribution in [0.3, 0.4) is 0 Å². The molecule has 0 saturated heterocycles. The number of carbonyl (C=O) groups is 1. The van der Waals surface area contributed by atoms with Gasteiger partial charge in [-0.15, -0.1) is 0 Å². The molecule has 2 aromatic carbocycles. The van der Waals surface area contributed by atoms with Gasteiger partial charge in [0.15, 0.2) is 0 Å². The fraction of sp³-hybridized carbons (Fsp3) is 0.350. The molecule has 28 heavy (non-hydrogen) atoms. The van der Waals surface area contributed by atoms with E-state index in [0.29, 0.717) is 22.7 Å². The maximum atomic E-state index is 12.8. The van der Waals surface area contributed by atoms with Gasteiger partial charge in [0.25, 0.3) is 0 Å². The minimum Gasteiger partial charge on any atom is -0.444 e. The van der Waals surface area contributed by atoms with Gasteiger partial charge in [0, 0.05) is 15.9 Å². The molecule has 0 bridgehead atoms. The number of nitrogens with zero attached hydrogens (tertiary/aromatic N) is 2. The fourth-order valence-corrected chi connectivity index (χ4v) is 3.88.